The molecule has 3 aromatic rings. The molecular weight excluding hydrogens is 353 g/mol. The minimum Gasteiger partial charge on any atom is -0.398 e. The van der Waals surface area contributed by atoms with Crippen LogP contribution in [-0.4, -0.2) is 12.0 Å². The Morgan fingerprint density at radius 3 is 2.95 bits per heavy atom. The van der Waals surface area contributed by atoms with Gasteiger partial charge >= 0.3 is 0 Å². The van der Waals surface area contributed by atoms with E-state index in [9.17, 15) is 4.39 Å². The van der Waals surface area contributed by atoms with Gasteiger partial charge in [0.15, 0.2) is 5.82 Å². The second-order valence-corrected chi connectivity index (χ2v) is 6.69. The maximum absolute atomic E-state index is 14.4. The van der Waals surface area contributed by atoms with E-state index in [1.165, 1.54) is 6.07 Å². The van der Waals surface area contributed by atoms with E-state index < -0.39 is 0 Å². The summed E-state index contributed by atoms with van der Waals surface area (Å²) in [5.74, 6) is -0.350. The van der Waals surface area contributed by atoms with E-state index in [0.29, 0.717) is 23.4 Å². The van der Waals surface area contributed by atoms with Gasteiger partial charge in [-0.3, -0.25) is 4.98 Å². The largest absolute Gasteiger partial charge is 0.398 e. The lowest BCUT2D eigenvalue weighted by Crippen LogP contribution is -2.18. The molecule has 0 unspecified atom stereocenters. The predicted molar refractivity (Wildman–Crippen MR) is 90.2 cm³/mol. The molecule has 2 N–H and O–H groups in total. The molecule has 0 radical (unpaired) electrons. The fraction of sp³-hybridized carbons (Fsp3) is 0.133. The summed E-state index contributed by atoms with van der Waals surface area (Å²) in [6, 6.07) is 7.05. The van der Waals surface area contributed by atoms with Crippen LogP contribution < -0.4 is 10.6 Å². The van der Waals surface area contributed by atoms with Gasteiger partial charge in [0, 0.05) is 39.0 Å². The molecule has 2 aromatic heterocycles. The molecule has 0 spiro atoms. The van der Waals surface area contributed by atoms with Crippen LogP contribution in [0.1, 0.15) is 4.88 Å². The van der Waals surface area contributed by atoms with Crippen LogP contribution in [0.4, 0.5) is 15.8 Å². The third kappa shape index (κ3) is 2.73. The quantitative estimate of drug-likeness (QED) is 0.698. The first-order chi connectivity index (χ1) is 10.1. The lowest BCUT2D eigenvalue weighted by molar-refractivity contribution is 0.625. The van der Waals surface area contributed by atoms with Gasteiger partial charge in [-0.05, 0) is 40.2 Å². The highest BCUT2D eigenvalue weighted by atomic mass is 79.9. The van der Waals surface area contributed by atoms with Crippen LogP contribution in [0.3, 0.4) is 0 Å². The molecule has 0 atom stereocenters. The summed E-state index contributed by atoms with van der Waals surface area (Å²) in [6.07, 6.45) is 1.65. The fourth-order valence-electron chi connectivity index (χ4n) is 2.34. The molecule has 0 bridgehead atoms. The molecule has 6 heteroatoms. The maximum atomic E-state index is 14.4. The number of rotatable bonds is 3. The van der Waals surface area contributed by atoms with Crippen molar-refractivity contribution in [3.63, 3.8) is 0 Å². The molecule has 21 heavy (non-hydrogen) atoms. The molecule has 0 aliphatic rings. The first kappa shape index (κ1) is 14.3. The molecule has 2 heterocycles. The molecule has 3 nitrogen and oxygen atoms in total. The second-order valence-electron chi connectivity index (χ2n) is 4.78. The third-order valence-electron chi connectivity index (χ3n) is 3.25. The first-order valence-electron chi connectivity index (χ1n) is 6.33. The van der Waals surface area contributed by atoms with E-state index in [2.05, 4.69) is 20.9 Å². The number of nitrogens with zero attached hydrogens (tertiary/aromatic N) is 2. The molecule has 0 aliphatic carbocycles. The molecule has 0 fully saturated rings. The van der Waals surface area contributed by atoms with Gasteiger partial charge in [0.05, 0.1) is 17.7 Å². The van der Waals surface area contributed by atoms with E-state index in [0.717, 1.165) is 14.7 Å². The van der Waals surface area contributed by atoms with Crippen molar-refractivity contribution in [2.75, 3.05) is 17.7 Å². The van der Waals surface area contributed by atoms with E-state index in [-0.39, 0.29) is 5.82 Å². The smallest absolute Gasteiger partial charge is 0.150 e. The van der Waals surface area contributed by atoms with Crippen molar-refractivity contribution in [1.29, 1.82) is 0 Å². The van der Waals surface area contributed by atoms with Gasteiger partial charge in [-0.1, -0.05) is 0 Å². The minimum absolute atomic E-state index is 0.350. The lowest BCUT2D eigenvalue weighted by Gasteiger charge is -2.21. The number of hydrogen-bond acceptors (Lipinski definition) is 4. The number of nitrogen functional groups attached to an aromatic ring is 1. The Morgan fingerprint density at radius 2 is 2.24 bits per heavy atom. The summed E-state index contributed by atoms with van der Waals surface area (Å²) in [7, 11) is 1.86. The van der Waals surface area contributed by atoms with Crippen molar-refractivity contribution in [2.24, 2.45) is 0 Å². The summed E-state index contributed by atoms with van der Waals surface area (Å²) in [6.45, 7) is 0.614. The van der Waals surface area contributed by atoms with Crippen LogP contribution in [0.5, 0.6) is 0 Å². The normalized spacial score (nSPS) is 11.0. The van der Waals surface area contributed by atoms with Crippen LogP contribution in [0.15, 0.2) is 40.3 Å². The Hall–Kier alpha value is -1.66. The number of aromatic nitrogens is 1. The zero-order chi connectivity index (χ0) is 15.0. The average molecular weight is 366 g/mol. The third-order valence-corrected chi connectivity index (χ3v) is 4.93. The van der Waals surface area contributed by atoms with Gasteiger partial charge in [-0.25, -0.2) is 4.39 Å². The van der Waals surface area contributed by atoms with Gasteiger partial charge < -0.3 is 10.6 Å². The highest BCUT2D eigenvalue weighted by Gasteiger charge is 2.16. The summed E-state index contributed by atoms with van der Waals surface area (Å²) in [5.41, 5.74) is 7.36. The summed E-state index contributed by atoms with van der Waals surface area (Å²) in [5, 5.41) is 2.78. The maximum Gasteiger partial charge on any atom is 0.150 e. The summed E-state index contributed by atoms with van der Waals surface area (Å²) < 4.78 is 15.4. The number of thiophene rings is 1. The molecule has 0 aliphatic heterocycles. The number of halogens is 2. The standard InChI is InChI=1S/C15H13BrFN3S/c1-20(7-10-5-9(16)8-21-10)15-12(17)6-13(18)11-3-2-4-19-14(11)15/h2-6,8H,7,18H2,1H3. The van der Waals surface area contributed by atoms with Crippen LogP contribution in [0.25, 0.3) is 10.9 Å². The lowest BCUT2D eigenvalue weighted by atomic mass is 10.1. The molecule has 3 rings (SSSR count). The van der Waals surface area contributed by atoms with Crippen molar-refractivity contribution in [3.05, 3.63) is 51.0 Å². The van der Waals surface area contributed by atoms with Crippen molar-refractivity contribution in [2.45, 2.75) is 6.54 Å². The van der Waals surface area contributed by atoms with Crippen molar-refractivity contribution >= 4 is 49.5 Å². The van der Waals surface area contributed by atoms with E-state index in [1.54, 1.807) is 23.6 Å². The van der Waals surface area contributed by atoms with Crippen LogP contribution >= 0.6 is 27.3 Å². The van der Waals surface area contributed by atoms with Crippen molar-refractivity contribution in [3.8, 4) is 0 Å². The van der Waals surface area contributed by atoms with Crippen LogP contribution in [-0.2, 0) is 6.54 Å². The van der Waals surface area contributed by atoms with Gasteiger partial charge in [-0.2, -0.15) is 0 Å². The Balaban J connectivity index is 2.06. The topological polar surface area (TPSA) is 42.1 Å². The Labute approximate surface area is 134 Å². The van der Waals surface area contributed by atoms with Crippen LogP contribution in [0.2, 0.25) is 0 Å². The van der Waals surface area contributed by atoms with Crippen LogP contribution in [0, 0.1) is 5.82 Å². The number of hydrogen-bond donors (Lipinski definition) is 1. The first-order valence-corrected chi connectivity index (χ1v) is 8.00. The number of nitrogens with two attached hydrogens (primary N) is 1. The Kier molecular flexibility index (Phi) is 3.82. The number of fused-ring (bicyclic) bond motifs is 1. The molecule has 108 valence electrons. The Morgan fingerprint density at radius 1 is 1.43 bits per heavy atom. The molecule has 1 aromatic carbocycles. The highest BCUT2D eigenvalue weighted by molar-refractivity contribution is 9.10. The van der Waals surface area contributed by atoms with E-state index in [4.69, 9.17) is 5.73 Å². The SMILES string of the molecule is CN(Cc1cc(Br)cs1)c1c(F)cc(N)c2cccnc12. The molecule has 0 saturated heterocycles. The molecular formula is C15H13BrFN3S. The van der Waals surface area contributed by atoms with E-state index >= 15 is 0 Å². The van der Waals surface area contributed by atoms with Crippen molar-refractivity contribution < 1.29 is 4.39 Å². The zero-order valence-electron chi connectivity index (χ0n) is 11.3. The van der Waals surface area contributed by atoms with Gasteiger partial charge in [0.2, 0.25) is 0 Å². The summed E-state index contributed by atoms with van der Waals surface area (Å²) >= 11 is 5.06. The predicted octanol–water partition coefficient (Wildman–Crippen LogP) is 4.42. The Bertz CT molecular complexity index is 803. The number of benzene rings is 1. The van der Waals surface area contributed by atoms with Crippen molar-refractivity contribution in [1.82, 2.24) is 4.98 Å². The van der Waals surface area contributed by atoms with Gasteiger partial charge in [0.25, 0.3) is 0 Å². The minimum atomic E-state index is -0.350. The van der Waals surface area contributed by atoms with Gasteiger partial charge in [0.1, 0.15) is 0 Å². The average Bonchev–Trinajstić information content (AvgIpc) is 2.84. The number of anilines is 2. The van der Waals surface area contributed by atoms with E-state index in [1.807, 2.05) is 29.5 Å². The fourth-order valence-corrected chi connectivity index (χ4v) is 3.84. The number of pyridine rings is 1. The second kappa shape index (κ2) is 5.61. The highest BCUT2D eigenvalue weighted by Crippen LogP contribution is 2.33. The monoisotopic (exact) mass is 365 g/mol. The summed E-state index contributed by atoms with van der Waals surface area (Å²) in [4.78, 5) is 7.31. The molecule has 0 saturated carbocycles. The van der Waals surface area contributed by atoms with Gasteiger partial charge in [-0.15, -0.1) is 11.3 Å². The zero-order valence-corrected chi connectivity index (χ0v) is 13.7. The molecule has 0 amide bonds.